The molecule has 2 rings (SSSR count). The Hall–Kier alpha value is -1.30. The maximum absolute atomic E-state index is 2.37. The van der Waals surface area contributed by atoms with Gasteiger partial charge in [-0.15, -0.1) is 0 Å². The van der Waals surface area contributed by atoms with E-state index in [1.807, 2.05) is 0 Å². The van der Waals surface area contributed by atoms with Crippen molar-refractivity contribution in [3.63, 3.8) is 0 Å². The highest BCUT2D eigenvalue weighted by molar-refractivity contribution is 5.89. The summed E-state index contributed by atoms with van der Waals surface area (Å²) in [5.41, 5.74) is 3.14. The highest BCUT2D eigenvalue weighted by atomic mass is 14.3. The predicted molar refractivity (Wildman–Crippen MR) is 81.2 cm³/mol. The molecule has 96 valence electrons. The van der Waals surface area contributed by atoms with E-state index in [0.717, 1.165) is 0 Å². The lowest BCUT2D eigenvalue weighted by Gasteiger charge is -2.27. The van der Waals surface area contributed by atoms with Crippen molar-refractivity contribution in [3.05, 3.63) is 47.5 Å². The summed E-state index contributed by atoms with van der Waals surface area (Å²) in [7, 11) is 0. The quantitative estimate of drug-likeness (QED) is 0.651. The minimum Gasteiger partial charge on any atom is -0.0654 e. The van der Waals surface area contributed by atoms with Crippen molar-refractivity contribution in [2.45, 2.75) is 52.4 Å². The largest absolute Gasteiger partial charge is 0.0654 e. The Balaban J connectivity index is 2.54. The molecule has 0 bridgehead atoms. The van der Waals surface area contributed by atoms with Crippen LogP contribution in [0.15, 0.2) is 36.4 Å². The summed E-state index contributed by atoms with van der Waals surface area (Å²) in [5, 5.41) is 2.83. The van der Waals surface area contributed by atoms with E-state index in [2.05, 4.69) is 64.1 Å². The van der Waals surface area contributed by atoms with Gasteiger partial charge in [-0.1, -0.05) is 70.0 Å². The molecule has 2 aromatic carbocycles. The molecule has 2 aromatic rings. The lowest BCUT2D eigenvalue weighted by atomic mass is 9.77. The summed E-state index contributed by atoms with van der Waals surface area (Å²) in [4.78, 5) is 0. The Labute approximate surface area is 111 Å². The highest BCUT2D eigenvalue weighted by Gasteiger charge is 2.21. The predicted octanol–water partition coefficient (Wildman–Crippen LogP) is 5.62. The zero-order valence-corrected chi connectivity index (χ0v) is 12.1. The summed E-state index contributed by atoms with van der Waals surface area (Å²) < 4.78 is 0. The fourth-order valence-electron chi connectivity index (χ4n) is 2.81. The van der Waals surface area contributed by atoms with Crippen molar-refractivity contribution in [1.29, 1.82) is 0 Å². The molecule has 0 aromatic heterocycles. The van der Waals surface area contributed by atoms with Gasteiger partial charge in [-0.3, -0.25) is 0 Å². The zero-order chi connectivity index (χ0) is 13.2. The van der Waals surface area contributed by atoms with Gasteiger partial charge < -0.3 is 0 Å². The molecule has 0 aliphatic rings. The molecule has 0 heteroatoms. The van der Waals surface area contributed by atoms with Gasteiger partial charge >= 0.3 is 0 Å². The number of hydrogen-bond donors (Lipinski definition) is 0. The first-order valence-electron chi connectivity index (χ1n) is 7.05. The van der Waals surface area contributed by atoms with E-state index in [9.17, 15) is 0 Å². The summed E-state index contributed by atoms with van der Waals surface area (Å²) in [5.74, 6) is 0. The maximum Gasteiger partial charge on any atom is -0.00974 e. The van der Waals surface area contributed by atoms with E-state index in [1.54, 1.807) is 0 Å². The van der Waals surface area contributed by atoms with Gasteiger partial charge in [0.1, 0.15) is 0 Å². The number of rotatable bonds is 4. The molecule has 0 aliphatic heterocycles. The third kappa shape index (κ3) is 2.43. The van der Waals surface area contributed by atoms with Gasteiger partial charge in [0.05, 0.1) is 0 Å². The van der Waals surface area contributed by atoms with E-state index in [-0.39, 0.29) is 5.41 Å². The van der Waals surface area contributed by atoms with Crippen LogP contribution in [0.2, 0.25) is 0 Å². The van der Waals surface area contributed by atoms with Crippen LogP contribution in [0, 0.1) is 6.92 Å². The number of aryl methyl sites for hydroxylation is 1. The van der Waals surface area contributed by atoms with Crippen LogP contribution in [-0.4, -0.2) is 0 Å². The first-order chi connectivity index (χ1) is 8.56. The van der Waals surface area contributed by atoms with Crippen molar-refractivity contribution < 1.29 is 0 Å². The molecule has 0 atom stereocenters. The SMILES string of the molecule is CCCCC(C)(C)c1cccc2c(C)cccc12. The molecule has 0 nitrogen and oxygen atoms in total. The molecular weight excluding hydrogens is 216 g/mol. The van der Waals surface area contributed by atoms with E-state index in [4.69, 9.17) is 0 Å². The molecule has 0 aliphatic carbocycles. The number of fused-ring (bicyclic) bond motifs is 1. The molecule has 0 saturated heterocycles. The van der Waals surface area contributed by atoms with Gasteiger partial charge in [0.25, 0.3) is 0 Å². The summed E-state index contributed by atoms with van der Waals surface area (Å²) in [6.07, 6.45) is 3.83. The first kappa shape index (κ1) is 13.1. The minimum absolute atomic E-state index is 0.267. The minimum atomic E-state index is 0.267. The van der Waals surface area contributed by atoms with Crippen LogP contribution >= 0.6 is 0 Å². The number of hydrogen-bond acceptors (Lipinski definition) is 0. The van der Waals surface area contributed by atoms with Gasteiger partial charge in [0, 0.05) is 0 Å². The van der Waals surface area contributed by atoms with Gasteiger partial charge in [0.15, 0.2) is 0 Å². The van der Waals surface area contributed by atoms with Gasteiger partial charge in [0.2, 0.25) is 0 Å². The lowest BCUT2D eigenvalue weighted by molar-refractivity contribution is 0.461. The average molecular weight is 240 g/mol. The number of unbranched alkanes of at least 4 members (excludes halogenated alkanes) is 1. The normalized spacial score (nSPS) is 12.0. The summed E-state index contributed by atoms with van der Waals surface area (Å²) in [6.45, 7) is 9.22. The van der Waals surface area contributed by atoms with Crippen LogP contribution in [0.5, 0.6) is 0 Å². The van der Waals surface area contributed by atoms with Crippen LogP contribution in [0.1, 0.15) is 51.2 Å². The van der Waals surface area contributed by atoms with E-state index >= 15 is 0 Å². The zero-order valence-electron chi connectivity index (χ0n) is 12.1. The molecule has 0 saturated carbocycles. The van der Waals surface area contributed by atoms with E-state index < -0.39 is 0 Å². The van der Waals surface area contributed by atoms with Crippen LogP contribution in [-0.2, 0) is 5.41 Å². The summed E-state index contributed by atoms with van der Waals surface area (Å²) >= 11 is 0. The van der Waals surface area contributed by atoms with Crippen molar-refractivity contribution in [2.75, 3.05) is 0 Å². The van der Waals surface area contributed by atoms with Gasteiger partial charge in [-0.25, -0.2) is 0 Å². The van der Waals surface area contributed by atoms with E-state index in [1.165, 1.54) is 41.2 Å². The fourth-order valence-corrected chi connectivity index (χ4v) is 2.81. The second-order valence-corrected chi connectivity index (χ2v) is 5.96. The van der Waals surface area contributed by atoms with E-state index in [0.29, 0.717) is 0 Å². The fraction of sp³-hybridized carbons (Fsp3) is 0.444. The molecule has 18 heavy (non-hydrogen) atoms. The van der Waals surface area contributed by atoms with Crippen LogP contribution in [0.4, 0.5) is 0 Å². The Kier molecular flexibility index (Phi) is 3.75. The maximum atomic E-state index is 2.37. The summed E-state index contributed by atoms with van der Waals surface area (Å²) in [6, 6.07) is 13.4. The lowest BCUT2D eigenvalue weighted by Crippen LogP contribution is -2.17. The Morgan fingerprint density at radius 2 is 1.61 bits per heavy atom. The second-order valence-electron chi connectivity index (χ2n) is 5.96. The van der Waals surface area contributed by atoms with Gasteiger partial charge in [-0.2, -0.15) is 0 Å². The average Bonchev–Trinajstić information content (AvgIpc) is 2.36. The van der Waals surface area contributed by atoms with Crippen molar-refractivity contribution in [1.82, 2.24) is 0 Å². The van der Waals surface area contributed by atoms with Gasteiger partial charge in [-0.05, 0) is 40.7 Å². The molecule has 0 N–H and O–H groups in total. The van der Waals surface area contributed by atoms with Crippen molar-refractivity contribution in [3.8, 4) is 0 Å². The second kappa shape index (κ2) is 5.14. The third-order valence-electron chi connectivity index (χ3n) is 4.02. The Morgan fingerprint density at radius 1 is 0.944 bits per heavy atom. The first-order valence-corrected chi connectivity index (χ1v) is 7.05. The monoisotopic (exact) mass is 240 g/mol. The molecule has 0 fully saturated rings. The Morgan fingerprint density at radius 3 is 2.33 bits per heavy atom. The van der Waals surface area contributed by atoms with Crippen LogP contribution in [0.3, 0.4) is 0 Å². The Bertz CT molecular complexity index is 535. The smallest absolute Gasteiger partial charge is 0.00974 e. The molecule has 0 heterocycles. The van der Waals surface area contributed by atoms with Crippen LogP contribution < -0.4 is 0 Å². The highest BCUT2D eigenvalue weighted by Crippen LogP contribution is 2.35. The van der Waals surface area contributed by atoms with Crippen molar-refractivity contribution in [2.24, 2.45) is 0 Å². The molecular formula is C18H24. The van der Waals surface area contributed by atoms with Crippen LogP contribution in [0.25, 0.3) is 10.8 Å². The molecule has 0 spiro atoms. The molecule has 0 radical (unpaired) electrons. The standard InChI is InChI=1S/C18H24/c1-5-6-13-18(3,4)17-12-8-10-15-14(2)9-7-11-16(15)17/h7-12H,5-6,13H2,1-4H3. The molecule has 0 unspecified atom stereocenters. The van der Waals surface area contributed by atoms with Crippen molar-refractivity contribution >= 4 is 10.8 Å². The third-order valence-corrected chi connectivity index (χ3v) is 4.02. The topological polar surface area (TPSA) is 0 Å². The molecule has 0 amide bonds. The number of benzene rings is 2.